The SMILES string of the molecule is CC(C)c1ccc(OCc2nnsc2Cl)cc1. The van der Waals surface area contributed by atoms with Gasteiger partial charge in [-0.25, -0.2) is 0 Å². The number of benzene rings is 1. The lowest BCUT2D eigenvalue weighted by atomic mass is 10.0. The molecule has 0 aliphatic carbocycles. The van der Waals surface area contributed by atoms with E-state index < -0.39 is 0 Å². The fourth-order valence-electron chi connectivity index (χ4n) is 1.38. The predicted molar refractivity (Wildman–Crippen MR) is 69.8 cm³/mol. The third kappa shape index (κ3) is 3.17. The monoisotopic (exact) mass is 268 g/mol. The Morgan fingerprint density at radius 1 is 1.29 bits per heavy atom. The van der Waals surface area contributed by atoms with Crippen molar-refractivity contribution in [3.8, 4) is 5.75 Å². The van der Waals surface area contributed by atoms with Crippen molar-refractivity contribution in [2.24, 2.45) is 0 Å². The van der Waals surface area contributed by atoms with Crippen LogP contribution in [0.4, 0.5) is 0 Å². The summed E-state index contributed by atoms with van der Waals surface area (Å²) in [5.74, 6) is 1.35. The Bertz CT molecular complexity index is 482. The second-order valence-corrected chi connectivity index (χ2v) is 5.36. The third-order valence-electron chi connectivity index (χ3n) is 2.43. The molecule has 2 aromatic rings. The molecule has 3 nitrogen and oxygen atoms in total. The quantitative estimate of drug-likeness (QED) is 0.844. The molecule has 0 fully saturated rings. The fourth-order valence-corrected chi connectivity index (χ4v) is 1.98. The van der Waals surface area contributed by atoms with E-state index in [1.807, 2.05) is 12.1 Å². The molecule has 0 radical (unpaired) electrons. The van der Waals surface area contributed by atoms with Gasteiger partial charge in [-0.15, -0.1) is 5.10 Å². The topological polar surface area (TPSA) is 35.0 Å². The molecule has 0 atom stereocenters. The van der Waals surface area contributed by atoms with Gasteiger partial charge >= 0.3 is 0 Å². The van der Waals surface area contributed by atoms with Crippen molar-refractivity contribution in [1.29, 1.82) is 0 Å². The predicted octanol–water partition coefficient (Wildman–Crippen LogP) is 3.89. The van der Waals surface area contributed by atoms with Gasteiger partial charge in [0.05, 0.1) is 0 Å². The summed E-state index contributed by atoms with van der Waals surface area (Å²) in [6.07, 6.45) is 0. The van der Waals surface area contributed by atoms with Gasteiger partial charge in [0.1, 0.15) is 22.4 Å². The summed E-state index contributed by atoms with van der Waals surface area (Å²) in [6, 6.07) is 8.06. The van der Waals surface area contributed by atoms with E-state index in [1.54, 1.807) is 0 Å². The van der Waals surface area contributed by atoms with E-state index in [0.717, 1.165) is 5.75 Å². The van der Waals surface area contributed by atoms with Crippen molar-refractivity contribution in [2.75, 3.05) is 0 Å². The molecule has 1 aromatic heterocycles. The molecule has 2 rings (SSSR count). The van der Waals surface area contributed by atoms with Crippen LogP contribution in [0, 0.1) is 0 Å². The van der Waals surface area contributed by atoms with E-state index >= 15 is 0 Å². The minimum Gasteiger partial charge on any atom is -0.487 e. The first-order valence-electron chi connectivity index (χ1n) is 5.36. The molecule has 1 aromatic carbocycles. The Morgan fingerprint density at radius 3 is 2.53 bits per heavy atom. The number of hydrogen-bond donors (Lipinski definition) is 0. The van der Waals surface area contributed by atoms with Gasteiger partial charge in [-0.2, -0.15) is 0 Å². The molecular weight excluding hydrogens is 256 g/mol. The second kappa shape index (κ2) is 5.47. The highest BCUT2D eigenvalue weighted by atomic mass is 35.5. The van der Waals surface area contributed by atoms with E-state index in [-0.39, 0.29) is 0 Å². The summed E-state index contributed by atoms with van der Waals surface area (Å²) in [5, 5.41) is 3.89. The highest BCUT2D eigenvalue weighted by Gasteiger charge is 2.06. The van der Waals surface area contributed by atoms with Crippen LogP contribution in [0.1, 0.15) is 31.0 Å². The lowest BCUT2D eigenvalue weighted by molar-refractivity contribution is 0.301. The fraction of sp³-hybridized carbons (Fsp3) is 0.333. The zero-order valence-corrected chi connectivity index (χ0v) is 11.3. The maximum Gasteiger partial charge on any atom is 0.141 e. The van der Waals surface area contributed by atoms with Crippen LogP contribution in [0.15, 0.2) is 24.3 Å². The maximum absolute atomic E-state index is 5.89. The van der Waals surface area contributed by atoms with Crippen LogP contribution in [-0.2, 0) is 6.61 Å². The molecule has 17 heavy (non-hydrogen) atoms. The molecular formula is C12H13ClN2OS. The standard InChI is InChI=1S/C12H13ClN2OS/c1-8(2)9-3-5-10(6-4-9)16-7-11-12(13)17-15-14-11/h3-6,8H,7H2,1-2H3. The van der Waals surface area contributed by atoms with Crippen molar-refractivity contribution in [2.45, 2.75) is 26.4 Å². The van der Waals surface area contributed by atoms with Crippen LogP contribution in [-0.4, -0.2) is 9.59 Å². The van der Waals surface area contributed by atoms with Gasteiger partial charge in [-0.3, -0.25) is 0 Å². The summed E-state index contributed by atoms with van der Waals surface area (Å²) >= 11 is 7.06. The van der Waals surface area contributed by atoms with Gasteiger partial charge in [0.2, 0.25) is 0 Å². The Morgan fingerprint density at radius 2 is 2.00 bits per heavy atom. The number of nitrogens with zero attached hydrogens (tertiary/aromatic N) is 2. The Balaban J connectivity index is 1.98. The molecule has 0 unspecified atom stereocenters. The highest BCUT2D eigenvalue weighted by Crippen LogP contribution is 2.21. The smallest absolute Gasteiger partial charge is 0.141 e. The van der Waals surface area contributed by atoms with Crippen molar-refractivity contribution < 1.29 is 4.74 Å². The molecule has 0 aliphatic rings. The number of ether oxygens (including phenoxy) is 1. The molecule has 90 valence electrons. The Kier molecular flexibility index (Phi) is 3.97. The number of halogens is 1. The van der Waals surface area contributed by atoms with Crippen LogP contribution in [0.2, 0.25) is 4.34 Å². The molecule has 0 aliphatic heterocycles. The summed E-state index contributed by atoms with van der Waals surface area (Å²) in [6.45, 7) is 4.68. The highest BCUT2D eigenvalue weighted by molar-refractivity contribution is 7.10. The molecule has 0 saturated carbocycles. The van der Waals surface area contributed by atoms with Crippen molar-refractivity contribution in [3.05, 3.63) is 39.9 Å². The van der Waals surface area contributed by atoms with Crippen LogP contribution < -0.4 is 4.74 Å². The summed E-state index contributed by atoms with van der Waals surface area (Å²) in [5.41, 5.74) is 1.98. The molecule has 0 spiro atoms. The number of aromatic nitrogens is 2. The van der Waals surface area contributed by atoms with Gasteiger partial charge in [0.25, 0.3) is 0 Å². The van der Waals surface area contributed by atoms with Crippen LogP contribution in [0.5, 0.6) is 5.75 Å². The zero-order chi connectivity index (χ0) is 12.3. The average Bonchev–Trinajstić information content (AvgIpc) is 2.73. The molecule has 0 bridgehead atoms. The van der Waals surface area contributed by atoms with Crippen molar-refractivity contribution in [3.63, 3.8) is 0 Å². The molecule has 1 heterocycles. The minimum atomic E-state index is 0.357. The van der Waals surface area contributed by atoms with E-state index in [1.165, 1.54) is 17.1 Å². The lowest BCUT2D eigenvalue weighted by Gasteiger charge is -2.07. The van der Waals surface area contributed by atoms with E-state index in [0.29, 0.717) is 22.6 Å². The van der Waals surface area contributed by atoms with Crippen LogP contribution in [0.25, 0.3) is 0 Å². The van der Waals surface area contributed by atoms with Gasteiger partial charge in [-0.1, -0.05) is 42.1 Å². The van der Waals surface area contributed by atoms with Gasteiger partial charge in [-0.05, 0) is 23.6 Å². The minimum absolute atomic E-state index is 0.357. The number of rotatable bonds is 4. The second-order valence-electron chi connectivity index (χ2n) is 4.01. The lowest BCUT2D eigenvalue weighted by Crippen LogP contribution is -1.97. The van der Waals surface area contributed by atoms with Crippen molar-refractivity contribution in [1.82, 2.24) is 9.59 Å². The van der Waals surface area contributed by atoms with E-state index in [2.05, 4.69) is 35.6 Å². The third-order valence-corrected chi connectivity index (χ3v) is 3.42. The van der Waals surface area contributed by atoms with Crippen molar-refractivity contribution >= 4 is 23.1 Å². The first-order valence-corrected chi connectivity index (χ1v) is 6.51. The van der Waals surface area contributed by atoms with Gasteiger partial charge in [0.15, 0.2) is 0 Å². The number of hydrogen-bond acceptors (Lipinski definition) is 4. The van der Waals surface area contributed by atoms with E-state index in [9.17, 15) is 0 Å². The van der Waals surface area contributed by atoms with Crippen LogP contribution in [0.3, 0.4) is 0 Å². The Hall–Kier alpha value is -1.13. The normalized spacial score (nSPS) is 10.8. The largest absolute Gasteiger partial charge is 0.487 e. The molecule has 0 N–H and O–H groups in total. The first kappa shape index (κ1) is 12.3. The Labute approximate surface area is 110 Å². The van der Waals surface area contributed by atoms with E-state index in [4.69, 9.17) is 16.3 Å². The summed E-state index contributed by atoms with van der Waals surface area (Å²) < 4.78 is 9.92. The molecule has 0 saturated heterocycles. The first-order chi connectivity index (χ1) is 8.16. The molecule has 0 amide bonds. The zero-order valence-electron chi connectivity index (χ0n) is 9.68. The maximum atomic E-state index is 5.89. The van der Waals surface area contributed by atoms with Crippen LogP contribution >= 0.6 is 23.1 Å². The molecule has 5 heteroatoms. The van der Waals surface area contributed by atoms with Gasteiger partial charge in [0, 0.05) is 11.5 Å². The average molecular weight is 269 g/mol. The summed E-state index contributed by atoms with van der Waals surface area (Å²) in [7, 11) is 0. The van der Waals surface area contributed by atoms with Gasteiger partial charge < -0.3 is 4.74 Å². The summed E-state index contributed by atoms with van der Waals surface area (Å²) in [4.78, 5) is 0.